The first-order chi connectivity index (χ1) is 17.3. The van der Waals surface area contributed by atoms with Crippen LogP contribution in [-0.2, 0) is 17.6 Å². The second-order valence-corrected chi connectivity index (χ2v) is 9.31. The maximum absolute atomic E-state index is 13.6. The van der Waals surface area contributed by atoms with E-state index in [0.29, 0.717) is 43.1 Å². The molecule has 3 rings (SSSR count). The van der Waals surface area contributed by atoms with Crippen LogP contribution >= 0.6 is 0 Å². The molecule has 2 amide bonds. The predicted octanol–water partition coefficient (Wildman–Crippen LogP) is 4.24. The molecule has 1 aliphatic heterocycles. The smallest absolute Gasteiger partial charge is 0.342 e. The van der Waals surface area contributed by atoms with Crippen LogP contribution in [0.25, 0.3) is 0 Å². The molecule has 1 saturated heterocycles. The van der Waals surface area contributed by atoms with E-state index >= 15 is 0 Å². The van der Waals surface area contributed by atoms with Crippen molar-refractivity contribution in [1.82, 2.24) is 19.8 Å². The van der Waals surface area contributed by atoms with Crippen LogP contribution < -0.4 is 0 Å². The van der Waals surface area contributed by atoms with Gasteiger partial charge in [-0.3, -0.25) is 9.59 Å². The molecule has 1 unspecified atom stereocenters. The SMILES string of the molecule is CCCCc1ccc(C(=O)N2CCN(C(=O)c3nc(C)nc(CCC)c3C(=O)OCC)CC2C)cc1. The van der Waals surface area contributed by atoms with Gasteiger partial charge in [0.15, 0.2) is 0 Å². The van der Waals surface area contributed by atoms with E-state index in [9.17, 15) is 14.4 Å². The number of hydrogen-bond donors (Lipinski definition) is 0. The van der Waals surface area contributed by atoms with Crippen molar-refractivity contribution >= 4 is 17.8 Å². The number of ether oxygens (including phenoxy) is 1. The van der Waals surface area contributed by atoms with Crippen molar-refractivity contribution in [2.45, 2.75) is 72.8 Å². The van der Waals surface area contributed by atoms with Gasteiger partial charge in [0.25, 0.3) is 11.8 Å². The van der Waals surface area contributed by atoms with Crippen molar-refractivity contribution in [2.24, 2.45) is 0 Å². The number of carbonyl (C=O) groups is 3. The summed E-state index contributed by atoms with van der Waals surface area (Å²) in [6.07, 6.45) is 4.60. The molecule has 2 aromatic rings. The molecule has 0 spiro atoms. The number of amides is 2. The zero-order valence-corrected chi connectivity index (χ0v) is 22.2. The fraction of sp³-hybridized carbons (Fsp3) is 0.536. The third-order valence-corrected chi connectivity index (χ3v) is 6.46. The standard InChI is InChI=1S/C28H38N4O4/c1-6-9-11-21-12-14-22(15-13-21)26(33)32-17-16-31(18-19(32)4)27(34)25-24(28(35)36-8-3)23(10-7-2)29-20(5)30-25/h12-15,19H,6-11,16-18H2,1-5H3. The molecule has 1 atom stereocenters. The highest BCUT2D eigenvalue weighted by molar-refractivity contribution is 6.04. The van der Waals surface area contributed by atoms with Crippen molar-refractivity contribution in [2.75, 3.05) is 26.2 Å². The monoisotopic (exact) mass is 494 g/mol. The van der Waals surface area contributed by atoms with Crippen molar-refractivity contribution in [1.29, 1.82) is 0 Å². The van der Waals surface area contributed by atoms with Crippen LogP contribution in [0.3, 0.4) is 0 Å². The lowest BCUT2D eigenvalue weighted by Gasteiger charge is -2.40. The average Bonchev–Trinajstić information content (AvgIpc) is 2.86. The lowest BCUT2D eigenvalue weighted by atomic mass is 10.0. The molecule has 0 aliphatic carbocycles. The molecular weight excluding hydrogens is 456 g/mol. The fourth-order valence-corrected chi connectivity index (χ4v) is 4.58. The summed E-state index contributed by atoms with van der Waals surface area (Å²) in [6.45, 7) is 10.9. The topological polar surface area (TPSA) is 92.7 Å². The number of aryl methyl sites for hydroxylation is 3. The number of hydrogen-bond acceptors (Lipinski definition) is 6. The summed E-state index contributed by atoms with van der Waals surface area (Å²) < 4.78 is 5.24. The molecule has 1 aliphatic rings. The first kappa shape index (κ1) is 27.3. The Hall–Kier alpha value is -3.29. The molecule has 8 nitrogen and oxygen atoms in total. The third kappa shape index (κ3) is 6.28. The molecule has 0 saturated carbocycles. The molecule has 0 N–H and O–H groups in total. The average molecular weight is 495 g/mol. The van der Waals surface area contributed by atoms with Crippen molar-refractivity contribution < 1.29 is 19.1 Å². The Kier molecular flexibility index (Phi) is 9.56. The van der Waals surface area contributed by atoms with Gasteiger partial charge in [-0.15, -0.1) is 0 Å². The minimum Gasteiger partial charge on any atom is -0.462 e. The molecule has 8 heteroatoms. The van der Waals surface area contributed by atoms with Crippen molar-refractivity contribution in [3.8, 4) is 0 Å². The molecular formula is C28H38N4O4. The molecule has 0 bridgehead atoms. The summed E-state index contributed by atoms with van der Waals surface area (Å²) in [5, 5.41) is 0. The Morgan fingerprint density at radius 1 is 0.972 bits per heavy atom. The number of aromatic nitrogens is 2. The molecule has 1 fully saturated rings. The first-order valence-electron chi connectivity index (χ1n) is 13.0. The Balaban J connectivity index is 1.77. The maximum Gasteiger partial charge on any atom is 0.342 e. The van der Waals surface area contributed by atoms with Gasteiger partial charge in [0.1, 0.15) is 17.1 Å². The van der Waals surface area contributed by atoms with Crippen LogP contribution in [0.1, 0.15) is 95.2 Å². The van der Waals surface area contributed by atoms with Gasteiger partial charge >= 0.3 is 5.97 Å². The number of nitrogens with zero attached hydrogens (tertiary/aromatic N) is 4. The molecule has 1 aromatic heterocycles. The molecule has 0 radical (unpaired) electrons. The number of benzene rings is 1. The summed E-state index contributed by atoms with van der Waals surface area (Å²) in [7, 11) is 0. The van der Waals surface area contributed by atoms with Gasteiger partial charge in [-0.05, 0) is 57.7 Å². The van der Waals surface area contributed by atoms with Crippen LogP contribution in [0.4, 0.5) is 0 Å². The zero-order valence-electron chi connectivity index (χ0n) is 22.2. The van der Waals surface area contributed by atoms with E-state index in [2.05, 4.69) is 16.9 Å². The quantitative estimate of drug-likeness (QED) is 0.484. The van der Waals surface area contributed by atoms with Crippen molar-refractivity contribution in [3.63, 3.8) is 0 Å². The van der Waals surface area contributed by atoms with E-state index in [1.165, 1.54) is 5.56 Å². The Labute approximate surface area is 214 Å². The summed E-state index contributed by atoms with van der Waals surface area (Å²) in [6, 6.07) is 7.65. The Morgan fingerprint density at radius 2 is 1.69 bits per heavy atom. The minimum absolute atomic E-state index is 0.0352. The van der Waals surface area contributed by atoms with Gasteiger partial charge in [0.2, 0.25) is 0 Å². The van der Waals surface area contributed by atoms with Gasteiger partial charge in [0.05, 0.1) is 12.3 Å². The maximum atomic E-state index is 13.6. The van der Waals surface area contributed by atoms with Crippen LogP contribution in [0.5, 0.6) is 0 Å². The first-order valence-corrected chi connectivity index (χ1v) is 13.0. The summed E-state index contributed by atoms with van der Waals surface area (Å²) >= 11 is 0. The van der Waals surface area contributed by atoms with Gasteiger partial charge in [-0.25, -0.2) is 14.8 Å². The Morgan fingerprint density at radius 3 is 2.31 bits per heavy atom. The van der Waals surface area contributed by atoms with Crippen LogP contribution in [0.2, 0.25) is 0 Å². The lowest BCUT2D eigenvalue weighted by molar-refractivity contribution is 0.0405. The molecule has 194 valence electrons. The van der Waals surface area contributed by atoms with E-state index in [1.807, 2.05) is 43.0 Å². The predicted molar refractivity (Wildman–Crippen MR) is 138 cm³/mol. The number of rotatable bonds is 9. The molecule has 36 heavy (non-hydrogen) atoms. The second kappa shape index (κ2) is 12.6. The third-order valence-electron chi connectivity index (χ3n) is 6.46. The van der Waals surface area contributed by atoms with Gasteiger partial charge in [0, 0.05) is 31.2 Å². The summed E-state index contributed by atoms with van der Waals surface area (Å²) in [4.78, 5) is 51.8. The fourth-order valence-electron chi connectivity index (χ4n) is 4.58. The minimum atomic E-state index is -0.575. The molecule has 1 aromatic carbocycles. The van der Waals surface area contributed by atoms with E-state index in [0.717, 1.165) is 25.7 Å². The van der Waals surface area contributed by atoms with E-state index in [-0.39, 0.29) is 35.7 Å². The summed E-state index contributed by atoms with van der Waals surface area (Å²) in [5.74, 6) is -0.500. The Bertz CT molecular complexity index is 1080. The summed E-state index contributed by atoms with van der Waals surface area (Å²) in [5.41, 5.74) is 2.66. The largest absolute Gasteiger partial charge is 0.462 e. The van der Waals surface area contributed by atoms with E-state index < -0.39 is 5.97 Å². The number of carbonyl (C=O) groups excluding carboxylic acids is 3. The second-order valence-electron chi connectivity index (χ2n) is 9.31. The number of unbranched alkanes of at least 4 members (excludes halogenated alkanes) is 1. The highest BCUT2D eigenvalue weighted by atomic mass is 16.5. The highest BCUT2D eigenvalue weighted by Gasteiger charge is 2.34. The van der Waals surface area contributed by atoms with Crippen LogP contribution in [0.15, 0.2) is 24.3 Å². The number of piperazine rings is 1. The normalized spacial score (nSPS) is 15.6. The van der Waals surface area contributed by atoms with Crippen molar-refractivity contribution in [3.05, 3.63) is 58.2 Å². The highest BCUT2D eigenvalue weighted by Crippen LogP contribution is 2.21. The van der Waals surface area contributed by atoms with Gasteiger partial charge in [-0.2, -0.15) is 0 Å². The lowest BCUT2D eigenvalue weighted by Crippen LogP contribution is -2.55. The molecule has 2 heterocycles. The van der Waals surface area contributed by atoms with E-state index in [1.54, 1.807) is 18.7 Å². The van der Waals surface area contributed by atoms with Crippen LogP contribution in [-0.4, -0.2) is 69.8 Å². The zero-order chi connectivity index (χ0) is 26.2. The van der Waals surface area contributed by atoms with Gasteiger partial charge < -0.3 is 14.5 Å². The number of esters is 1. The van der Waals surface area contributed by atoms with Crippen LogP contribution in [0, 0.1) is 6.92 Å². The van der Waals surface area contributed by atoms with E-state index in [4.69, 9.17) is 4.74 Å². The van der Waals surface area contributed by atoms with Gasteiger partial charge in [-0.1, -0.05) is 38.8 Å².